The SMILES string of the molecule is O=C(O)c1cnn(-c2nc3ccc(S(=O)(=O)N4CCCC4)cc3c(=O)[nH]2)c1. The molecule has 0 aliphatic carbocycles. The van der Waals surface area contributed by atoms with Crippen molar-refractivity contribution in [2.45, 2.75) is 17.7 Å². The minimum atomic E-state index is -3.65. The minimum Gasteiger partial charge on any atom is -0.478 e. The van der Waals surface area contributed by atoms with Gasteiger partial charge in [0.25, 0.3) is 5.56 Å². The molecule has 1 fully saturated rings. The number of aromatic amines is 1. The van der Waals surface area contributed by atoms with Crippen LogP contribution in [0.25, 0.3) is 16.9 Å². The van der Waals surface area contributed by atoms with Crippen molar-refractivity contribution in [2.24, 2.45) is 0 Å². The second-order valence-electron chi connectivity index (χ2n) is 6.16. The Labute approximate surface area is 153 Å². The zero-order valence-corrected chi connectivity index (χ0v) is 14.8. The fraction of sp³-hybridized carbons (Fsp3) is 0.250. The Morgan fingerprint density at radius 2 is 1.96 bits per heavy atom. The maximum absolute atomic E-state index is 12.7. The molecular formula is C16H15N5O5S. The third-order valence-corrected chi connectivity index (χ3v) is 6.31. The second-order valence-corrected chi connectivity index (χ2v) is 8.10. The Kier molecular flexibility index (Phi) is 4.04. The molecular weight excluding hydrogens is 374 g/mol. The summed E-state index contributed by atoms with van der Waals surface area (Å²) in [6.45, 7) is 0.943. The molecule has 0 unspecified atom stereocenters. The highest BCUT2D eigenvalue weighted by atomic mass is 32.2. The number of carboxylic acid groups (broad SMARTS) is 1. The van der Waals surface area contributed by atoms with Gasteiger partial charge in [0, 0.05) is 19.3 Å². The van der Waals surface area contributed by atoms with Gasteiger partial charge >= 0.3 is 5.97 Å². The average molecular weight is 389 g/mol. The Morgan fingerprint density at radius 1 is 1.22 bits per heavy atom. The molecule has 11 heteroatoms. The topological polar surface area (TPSA) is 138 Å². The number of fused-ring (bicyclic) bond motifs is 1. The van der Waals surface area contributed by atoms with Gasteiger partial charge in [-0.2, -0.15) is 9.40 Å². The predicted molar refractivity (Wildman–Crippen MR) is 94.4 cm³/mol. The van der Waals surface area contributed by atoms with Gasteiger partial charge < -0.3 is 5.11 Å². The minimum absolute atomic E-state index is 0.0372. The van der Waals surface area contributed by atoms with Crippen molar-refractivity contribution in [2.75, 3.05) is 13.1 Å². The molecule has 1 aromatic carbocycles. The number of hydrogen-bond donors (Lipinski definition) is 2. The molecule has 10 nitrogen and oxygen atoms in total. The first-order valence-electron chi connectivity index (χ1n) is 8.19. The molecule has 3 aromatic rings. The third kappa shape index (κ3) is 3.00. The Hall–Kier alpha value is -3.05. The highest BCUT2D eigenvalue weighted by Gasteiger charge is 2.27. The lowest BCUT2D eigenvalue weighted by atomic mass is 10.2. The number of benzene rings is 1. The summed E-state index contributed by atoms with van der Waals surface area (Å²) in [5, 5.41) is 13.0. The third-order valence-electron chi connectivity index (χ3n) is 4.41. The van der Waals surface area contributed by atoms with Gasteiger partial charge in [0.05, 0.1) is 27.6 Å². The summed E-state index contributed by atoms with van der Waals surface area (Å²) >= 11 is 0. The maximum atomic E-state index is 12.7. The van der Waals surface area contributed by atoms with Crippen LogP contribution in [0.1, 0.15) is 23.2 Å². The first-order valence-corrected chi connectivity index (χ1v) is 9.63. The van der Waals surface area contributed by atoms with E-state index in [0.29, 0.717) is 13.1 Å². The number of aromatic nitrogens is 4. The van der Waals surface area contributed by atoms with E-state index >= 15 is 0 Å². The van der Waals surface area contributed by atoms with Gasteiger partial charge in [0.15, 0.2) is 0 Å². The smallest absolute Gasteiger partial charge is 0.338 e. The second kappa shape index (κ2) is 6.28. The van der Waals surface area contributed by atoms with Crippen molar-refractivity contribution in [3.8, 4) is 5.95 Å². The van der Waals surface area contributed by atoms with Crippen molar-refractivity contribution in [3.05, 3.63) is 46.5 Å². The summed E-state index contributed by atoms with van der Waals surface area (Å²) in [4.78, 5) is 30.2. The first-order chi connectivity index (χ1) is 12.9. The van der Waals surface area contributed by atoms with Gasteiger partial charge in [0.2, 0.25) is 16.0 Å². The van der Waals surface area contributed by atoms with E-state index in [1.807, 2.05) is 0 Å². The van der Waals surface area contributed by atoms with Gasteiger partial charge in [-0.15, -0.1) is 0 Å². The molecule has 4 rings (SSSR count). The van der Waals surface area contributed by atoms with E-state index in [-0.39, 0.29) is 27.3 Å². The van der Waals surface area contributed by atoms with Crippen LogP contribution in [-0.2, 0) is 10.0 Å². The summed E-state index contributed by atoms with van der Waals surface area (Å²) in [5.74, 6) is -1.11. The number of H-pyrrole nitrogens is 1. The molecule has 1 saturated heterocycles. The summed E-state index contributed by atoms with van der Waals surface area (Å²) in [7, 11) is -3.65. The van der Waals surface area contributed by atoms with E-state index < -0.39 is 21.6 Å². The van der Waals surface area contributed by atoms with Gasteiger partial charge in [0.1, 0.15) is 0 Å². The summed E-state index contributed by atoms with van der Waals surface area (Å²) in [6, 6.07) is 4.18. The van der Waals surface area contributed by atoms with Crippen molar-refractivity contribution >= 4 is 26.9 Å². The first kappa shape index (κ1) is 17.4. The average Bonchev–Trinajstić information content (AvgIpc) is 3.33. The number of nitrogens with zero attached hydrogens (tertiary/aromatic N) is 4. The predicted octanol–water partition coefficient (Wildman–Crippen LogP) is 0.592. The summed E-state index contributed by atoms with van der Waals surface area (Å²) < 4.78 is 27.9. The van der Waals surface area contributed by atoms with Crippen LogP contribution in [0.5, 0.6) is 0 Å². The molecule has 0 spiro atoms. The van der Waals surface area contributed by atoms with Gasteiger partial charge in [-0.1, -0.05) is 0 Å². The molecule has 0 amide bonds. The van der Waals surface area contributed by atoms with Crippen molar-refractivity contribution in [1.82, 2.24) is 24.1 Å². The van der Waals surface area contributed by atoms with E-state index in [0.717, 1.165) is 23.7 Å². The van der Waals surface area contributed by atoms with Gasteiger partial charge in [-0.05, 0) is 31.0 Å². The van der Waals surface area contributed by atoms with E-state index in [9.17, 15) is 18.0 Å². The quantitative estimate of drug-likeness (QED) is 0.666. The van der Waals surface area contributed by atoms with Crippen LogP contribution in [0.2, 0.25) is 0 Å². The molecule has 1 aliphatic heterocycles. The van der Waals surface area contributed by atoms with Crippen LogP contribution in [0.4, 0.5) is 0 Å². The highest BCUT2D eigenvalue weighted by molar-refractivity contribution is 7.89. The Bertz CT molecular complexity index is 1210. The number of nitrogens with one attached hydrogen (secondary N) is 1. The Balaban J connectivity index is 1.78. The van der Waals surface area contributed by atoms with Crippen LogP contribution in [0, 0.1) is 0 Å². The number of aromatic carboxylic acids is 1. The zero-order chi connectivity index (χ0) is 19.2. The van der Waals surface area contributed by atoms with Crippen LogP contribution in [0.3, 0.4) is 0 Å². The molecule has 1 aliphatic rings. The monoisotopic (exact) mass is 389 g/mol. The van der Waals surface area contributed by atoms with Crippen molar-refractivity contribution < 1.29 is 18.3 Å². The molecule has 0 saturated carbocycles. The molecule has 2 N–H and O–H groups in total. The van der Waals surface area contributed by atoms with Crippen molar-refractivity contribution in [3.63, 3.8) is 0 Å². The summed E-state index contributed by atoms with van der Waals surface area (Å²) in [6.07, 6.45) is 4.00. The van der Waals surface area contributed by atoms with Crippen LogP contribution < -0.4 is 5.56 Å². The number of carboxylic acids is 1. The fourth-order valence-electron chi connectivity index (χ4n) is 3.00. The van der Waals surface area contributed by atoms with Crippen LogP contribution in [-0.4, -0.2) is 56.6 Å². The molecule has 3 heterocycles. The number of carbonyl (C=O) groups is 1. The van der Waals surface area contributed by atoms with E-state index in [1.165, 1.54) is 28.7 Å². The lowest BCUT2D eigenvalue weighted by molar-refractivity contribution is 0.0697. The number of rotatable bonds is 4. The molecule has 27 heavy (non-hydrogen) atoms. The van der Waals surface area contributed by atoms with Crippen molar-refractivity contribution in [1.29, 1.82) is 0 Å². The Morgan fingerprint density at radius 3 is 2.63 bits per heavy atom. The van der Waals surface area contributed by atoms with E-state index in [1.54, 1.807) is 0 Å². The maximum Gasteiger partial charge on any atom is 0.338 e. The molecule has 0 bridgehead atoms. The summed E-state index contributed by atoms with van der Waals surface area (Å²) in [5.41, 5.74) is -0.313. The lowest BCUT2D eigenvalue weighted by Gasteiger charge is -2.15. The lowest BCUT2D eigenvalue weighted by Crippen LogP contribution is -2.28. The normalized spacial score (nSPS) is 15.4. The molecule has 140 valence electrons. The van der Waals surface area contributed by atoms with Crippen LogP contribution >= 0.6 is 0 Å². The van der Waals surface area contributed by atoms with Gasteiger partial charge in [-0.3, -0.25) is 9.78 Å². The highest BCUT2D eigenvalue weighted by Crippen LogP contribution is 2.23. The van der Waals surface area contributed by atoms with Gasteiger partial charge in [-0.25, -0.2) is 22.9 Å². The molecule has 0 atom stereocenters. The fourth-order valence-corrected chi connectivity index (χ4v) is 4.54. The zero-order valence-electron chi connectivity index (χ0n) is 14.0. The van der Waals surface area contributed by atoms with E-state index in [2.05, 4.69) is 15.1 Å². The van der Waals surface area contributed by atoms with E-state index in [4.69, 9.17) is 5.11 Å². The standard InChI is InChI=1S/C16H15N5O5S/c22-14-12-7-11(27(25,26)20-5-1-2-6-20)3-4-13(12)18-16(19-14)21-9-10(8-17-21)15(23)24/h3-4,7-9H,1-2,5-6H2,(H,23,24)(H,18,19,22). The van der Waals surface area contributed by atoms with Crippen LogP contribution in [0.15, 0.2) is 40.3 Å². The number of sulfonamides is 1. The molecule has 0 radical (unpaired) electrons. The number of hydrogen-bond acceptors (Lipinski definition) is 6. The molecule has 2 aromatic heterocycles. The largest absolute Gasteiger partial charge is 0.478 e.